The van der Waals surface area contributed by atoms with Crippen molar-refractivity contribution >= 4 is 50.4 Å². The maximum Gasteiger partial charge on any atom is 0.417 e. The number of aliphatic hydroxyl groups is 1. The van der Waals surface area contributed by atoms with Crippen LogP contribution in [-0.4, -0.2) is 50.2 Å². The van der Waals surface area contributed by atoms with Crippen LogP contribution in [0.25, 0.3) is 0 Å². The monoisotopic (exact) mass is 590 g/mol. The van der Waals surface area contributed by atoms with E-state index in [0.717, 1.165) is 24.4 Å². The van der Waals surface area contributed by atoms with Gasteiger partial charge >= 0.3 is 6.18 Å². The van der Waals surface area contributed by atoms with Crippen LogP contribution in [0.2, 0.25) is 10.0 Å². The minimum Gasteiger partial charge on any atom is -0.489 e. The number of hydrogen-bond donors (Lipinski definition) is 3. The van der Waals surface area contributed by atoms with Crippen LogP contribution in [0.3, 0.4) is 0 Å². The van der Waals surface area contributed by atoms with Crippen molar-refractivity contribution in [1.29, 1.82) is 0 Å². The van der Waals surface area contributed by atoms with Crippen molar-refractivity contribution in [3.8, 4) is 5.75 Å². The van der Waals surface area contributed by atoms with Gasteiger partial charge in [0.2, 0.25) is 5.78 Å². The number of pyridine rings is 1. The molecule has 0 amide bonds. The van der Waals surface area contributed by atoms with E-state index in [-0.39, 0.29) is 35.2 Å². The van der Waals surface area contributed by atoms with E-state index in [2.05, 4.69) is 9.71 Å². The summed E-state index contributed by atoms with van der Waals surface area (Å²) < 4.78 is 73.7. The van der Waals surface area contributed by atoms with Crippen LogP contribution in [0.5, 0.6) is 5.75 Å². The molecule has 0 aliphatic carbocycles. The van der Waals surface area contributed by atoms with Gasteiger partial charge in [0, 0.05) is 12.7 Å². The second-order valence-electron chi connectivity index (χ2n) is 8.04. The third-order valence-corrected chi connectivity index (χ3v) is 7.46. The van der Waals surface area contributed by atoms with Crippen LogP contribution < -0.4 is 20.1 Å². The number of carbonyl (C=O) groups is 1. The number of aliphatic hydroxyl groups excluding tert-OH is 1. The smallest absolute Gasteiger partial charge is 0.417 e. The number of nitrogens with one attached hydrogen (secondary N) is 1. The highest BCUT2D eigenvalue weighted by Crippen LogP contribution is 2.39. The number of hydrogen-bond acceptors (Lipinski definition) is 8. The first-order chi connectivity index (χ1) is 17.8. The number of para-hydroxylation sites is 1. The molecule has 0 spiro atoms. The maximum atomic E-state index is 13.6. The molecule has 2 heterocycles. The molecular weight excluding hydrogens is 572 g/mol. The van der Waals surface area contributed by atoms with Crippen molar-refractivity contribution < 1.29 is 36.2 Å². The molecule has 15 heteroatoms. The number of alkyl halides is 3. The zero-order chi connectivity index (χ0) is 27.8. The van der Waals surface area contributed by atoms with E-state index in [1.165, 1.54) is 12.1 Å². The van der Waals surface area contributed by atoms with Gasteiger partial charge in [-0.2, -0.15) is 13.2 Å². The molecule has 0 radical (unpaired) electrons. The zero-order valence-corrected chi connectivity index (χ0v) is 21.5. The Labute approximate surface area is 225 Å². The summed E-state index contributed by atoms with van der Waals surface area (Å²) in [5, 5.41) is 9.52. The minimum atomic E-state index is -4.90. The Bertz CT molecular complexity index is 1500. The van der Waals surface area contributed by atoms with Crippen molar-refractivity contribution in [3.05, 3.63) is 75.5 Å². The van der Waals surface area contributed by atoms with E-state index < -0.39 is 49.4 Å². The molecule has 0 bridgehead atoms. The predicted octanol–water partition coefficient (Wildman–Crippen LogP) is 3.91. The highest BCUT2D eigenvalue weighted by atomic mass is 35.5. The van der Waals surface area contributed by atoms with E-state index >= 15 is 0 Å². The summed E-state index contributed by atoms with van der Waals surface area (Å²) in [6.45, 7) is 0.345. The van der Waals surface area contributed by atoms with Crippen LogP contribution in [0.4, 0.5) is 24.5 Å². The number of benzene rings is 2. The first-order valence-electron chi connectivity index (χ1n) is 10.8. The van der Waals surface area contributed by atoms with E-state index in [1.807, 2.05) is 0 Å². The fourth-order valence-electron chi connectivity index (χ4n) is 3.80. The topological polar surface area (TPSA) is 135 Å². The molecule has 4 N–H and O–H groups in total. The number of carbonyl (C=O) groups excluding carboxylic acids is 1. The first-order valence-corrected chi connectivity index (χ1v) is 13.1. The average Bonchev–Trinajstić information content (AvgIpc) is 2.86. The number of ether oxygens (including phenoxy) is 1. The number of nitrogens with two attached hydrogens (primary N) is 1. The Hall–Kier alpha value is -3.10. The molecule has 1 aromatic heterocycles. The minimum absolute atomic E-state index is 0.00228. The predicted molar refractivity (Wildman–Crippen MR) is 134 cm³/mol. The second-order valence-corrected chi connectivity index (χ2v) is 10.6. The molecule has 38 heavy (non-hydrogen) atoms. The first kappa shape index (κ1) is 27.9. The molecule has 1 aliphatic heterocycles. The van der Waals surface area contributed by atoms with Gasteiger partial charge in [0.1, 0.15) is 18.5 Å². The number of ketones is 1. The molecular formula is C23H19Cl2F3N4O5S. The van der Waals surface area contributed by atoms with Gasteiger partial charge in [0.15, 0.2) is 5.75 Å². The average molecular weight is 591 g/mol. The highest BCUT2D eigenvalue weighted by Gasteiger charge is 2.35. The van der Waals surface area contributed by atoms with Gasteiger partial charge in [-0.1, -0.05) is 29.3 Å². The molecule has 0 saturated heterocycles. The third kappa shape index (κ3) is 5.52. The van der Waals surface area contributed by atoms with Crippen LogP contribution in [-0.2, 0) is 16.2 Å². The summed E-state index contributed by atoms with van der Waals surface area (Å²) in [5.41, 5.74) is 3.84. The van der Waals surface area contributed by atoms with E-state index in [0.29, 0.717) is 18.3 Å². The van der Waals surface area contributed by atoms with Crippen LogP contribution >= 0.6 is 23.2 Å². The maximum absolute atomic E-state index is 13.6. The van der Waals surface area contributed by atoms with Crippen molar-refractivity contribution in [2.24, 2.45) is 5.73 Å². The lowest BCUT2D eigenvalue weighted by Crippen LogP contribution is -2.45. The fourth-order valence-corrected chi connectivity index (χ4v) is 5.27. The fraction of sp³-hybridized carbons (Fsp3) is 0.217. The Balaban J connectivity index is 1.75. The van der Waals surface area contributed by atoms with Gasteiger partial charge in [0.25, 0.3) is 10.0 Å². The number of fused-ring (bicyclic) bond motifs is 1. The standard InChI is InChI=1S/C23H19Cl2F3N4O5S/c24-12-8-17(31-38(35,36)13-4-5-16(25)15(9-13)23(26,27)28)20(30-11-12)21(34)14-2-1-3-18-22(14)37-7-6-32(18)19(33)10-29/h1-5,8-9,11,19,31,33H,6-7,10,29H2. The largest absolute Gasteiger partial charge is 0.489 e. The molecule has 3 aromatic rings. The van der Waals surface area contributed by atoms with Crippen LogP contribution in [0.1, 0.15) is 21.6 Å². The summed E-state index contributed by atoms with van der Waals surface area (Å²) in [6, 6.07) is 7.73. The molecule has 1 aliphatic rings. The number of halogens is 5. The molecule has 9 nitrogen and oxygen atoms in total. The zero-order valence-electron chi connectivity index (χ0n) is 19.2. The number of rotatable bonds is 7. The summed E-state index contributed by atoms with van der Waals surface area (Å²) in [5.74, 6) is -0.651. The quantitative estimate of drug-likeness (QED) is 0.352. The molecule has 0 saturated carbocycles. The normalized spacial score (nSPS) is 14.4. The highest BCUT2D eigenvalue weighted by molar-refractivity contribution is 7.92. The van der Waals surface area contributed by atoms with Crippen molar-refractivity contribution in [2.75, 3.05) is 29.3 Å². The van der Waals surface area contributed by atoms with Crippen LogP contribution in [0, 0.1) is 0 Å². The Kier molecular flexibility index (Phi) is 7.77. The van der Waals surface area contributed by atoms with Gasteiger partial charge in [0.05, 0.1) is 44.0 Å². The lowest BCUT2D eigenvalue weighted by atomic mass is 10.0. The molecule has 4 rings (SSSR count). The summed E-state index contributed by atoms with van der Waals surface area (Å²) >= 11 is 11.6. The second kappa shape index (κ2) is 10.6. The number of aromatic nitrogens is 1. The Morgan fingerprint density at radius 1 is 1.24 bits per heavy atom. The van der Waals surface area contributed by atoms with Crippen molar-refractivity contribution in [1.82, 2.24) is 4.98 Å². The third-order valence-electron chi connectivity index (χ3n) is 5.56. The van der Waals surface area contributed by atoms with Gasteiger partial charge in [-0.25, -0.2) is 13.4 Å². The lowest BCUT2D eigenvalue weighted by molar-refractivity contribution is -0.137. The van der Waals surface area contributed by atoms with Crippen molar-refractivity contribution in [3.63, 3.8) is 0 Å². The SMILES string of the molecule is NCC(O)N1CCOc2c(C(=O)c3ncc(Cl)cc3NS(=O)(=O)c3ccc(Cl)c(C(F)(F)F)c3)cccc21. The van der Waals surface area contributed by atoms with E-state index in [9.17, 15) is 31.5 Å². The number of anilines is 2. The van der Waals surface area contributed by atoms with Gasteiger partial charge < -0.3 is 20.5 Å². The molecule has 2 aromatic carbocycles. The van der Waals surface area contributed by atoms with Crippen LogP contribution in [0.15, 0.2) is 53.6 Å². The number of nitrogens with zero attached hydrogens (tertiary/aromatic N) is 2. The summed E-state index contributed by atoms with van der Waals surface area (Å²) in [7, 11) is -4.65. The van der Waals surface area contributed by atoms with Gasteiger partial charge in [-0.05, 0) is 36.4 Å². The summed E-state index contributed by atoms with van der Waals surface area (Å²) in [6.07, 6.45) is -4.84. The molecule has 1 atom stereocenters. The lowest BCUT2D eigenvalue weighted by Gasteiger charge is -2.35. The Morgan fingerprint density at radius 3 is 2.66 bits per heavy atom. The van der Waals surface area contributed by atoms with Crippen molar-refractivity contribution in [2.45, 2.75) is 17.3 Å². The Morgan fingerprint density at radius 2 is 1.97 bits per heavy atom. The molecule has 0 fully saturated rings. The summed E-state index contributed by atoms with van der Waals surface area (Å²) in [4.78, 5) is 18.3. The molecule has 1 unspecified atom stereocenters. The van der Waals surface area contributed by atoms with Gasteiger partial charge in [-0.3, -0.25) is 9.52 Å². The van der Waals surface area contributed by atoms with Gasteiger partial charge in [-0.15, -0.1) is 0 Å². The number of sulfonamides is 1. The van der Waals surface area contributed by atoms with E-state index in [4.69, 9.17) is 33.7 Å². The molecule has 202 valence electrons. The van der Waals surface area contributed by atoms with E-state index in [1.54, 1.807) is 11.0 Å².